The smallest absolute Gasteiger partial charge is 0.311 e. The van der Waals surface area contributed by atoms with Crippen LogP contribution < -0.4 is 0 Å². The van der Waals surface area contributed by atoms with Gasteiger partial charge in [0.25, 0.3) is 0 Å². The van der Waals surface area contributed by atoms with E-state index in [0.717, 1.165) is 16.5 Å². The average Bonchev–Trinajstić information content (AvgIpc) is 3.37. The summed E-state index contributed by atoms with van der Waals surface area (Å²) in [4.78, 5) is 42.8. The van der Waals surface area contributed by atoms with E-state index in [2.05, 4.69) is 4.98 Å². The predicted molar refractivity (Wildman–Crippen MR) is 113 cm³/mol. The van der Waals surface area contributed by atoms with Crippen LogP contribution in [0.3, 0.4) is 0 Å². The lowest BCUT2D eigenvalue weighted by atomic mass is 10.1. The lowest BCUT2D eigenvalue weighted by Gasteiger charge is -2.25. The molecule has 6 nitrogen and oxygen atoms in total. The second-order valence-corrected chi connectivity index (χ2v) is 7.73. The quantitative estimate of drug-likeness (QED) is 0.499. The molecule has 30 heavy (non-hydrogen) atoms. The van der Waals surface area contributed by atoms with E-state index in [-0.39, 0.29) is 24.2 Å². The van der Waals surface area contributed by atoms with Crippen LogP contribution in [0, 0.1) is 5.92 Å². The highest BCUT2D eigenvalue weighted by atomic mass is 16.5. The van der Waals surface area contributed by atoms with Gasteiger partial charge in [0.15, 0.2) is 6.10 Å². The molecule has 0 aliphatic carbocycles. The highest BCUT2D eigenvalue weighted by Gasteiger charge is 2.39. The molecule has 1 aromatic heterocycles. The van der Waals surface area contributed by atoms with E-state index in [1.807, 2.05) is 61.5 Å². The Morgan fingerprint density at radius 2 is 1.77 bits per heavy atom. The standard InChI is InChI=1S/C24H24N2O4/c1-15(17-8-4-3-5-9-17)26-14-18(12-22(26)27)24(29)30-16(2)23(28)20-13-25-21-11-7-6-10-19(20)21/h3-11,13,15-16,18,25H,12,14H2,1-2H3/t15-,16-,18+/m0/s1. The van der Waals surface area contributed by atoms with Crippen LogP contribution in [0.2, 0.25) is 0 Å². The van der Waals surface area contributed by atoms with Crippen molar-refractivity contribution in [1.29, 1.82) is 0 Å². The fourth-order valence-corrected chi connectivity index (χ4v) is 3.99. The molecule has 1 amide bonds. The number of para-hydroxylation sites is 1. The van der Waals surface area contributed by atoms with E-state index in [1.54, 1.807) is 18.0 Å². The van der Waals surface area contributed by atoms with E-state index in [1.165, 1.54) is 0 Å². The summed E-state index contributed by atoms with van der Waals surface area (Å²) in [7, 11) is 0. The number of H-pyrrole nitrogens is 1. The number of hydrogen-bond donors (Lipinski definition) is 1. The number of ether oxygens (including phenoxy) is 1. The van der Waals surface area contributed by atoms with Crippen LogP contribution in [0.15, 0.2) is 60.8 Å². The largest absolute Gasteiger partial charge is 0.454 e. The molecule has 0 unspecified atom stereocenters. The zero-order chi connectivity index (χ0) is 21.3. The fraction of sp³-hybridized carbons (Fsp3) is 0.292. The maximum atomic E-state index is 12.8. The van der Waals surface area contributed by atoms with Crippen molar-refractivity contribution in [1.82, 2.24) is 9.88 Å². The highest BCUT2D eigenvalue weighted by molar-refractivity contribution is 6.10. The first-order valence-corrected chi connectivity index (χ1v) is 10.1. The summed E-state index contributed by atoms with van der Waals surface area (Å²) in [6.45, 7) is 3.81. The van der Waals surface area contributed by atoms with Crippen LogP contribution in [-0.4, -0.2) is 40.2 Å². The third-order valence-electron chi connectivity index (χ3n) is 5.76. The van der Waals surface area contributed by atoms with Crippen molar-refractivity contribution in [3.63, 3.8) is 0 Å². The number of rotatable bonds is 6. The molecule has 4 rings (SSSR count). The van der Waals surface area contributed by atoms with Crippen LogP contribution in [0.25, 0.3) is 10.9 Å². The van der Waals surface area contributed by atoms with Crippen molar-refractivity contribution < 1.29 is 19.1 Å². The first-order chi connectivity index (χ1) is 14.5. The first kappa shape index (κ1) is 19.9. The number of ketones is 1. The Morgan fingerprint density at radius 3 is 2.53 bits per heavy atom. The van der Waals surface area contributed by atoms with Crippen molar-refractivity contribution >= 4 is 28.6 Å². The van der Waals surface area contributed by atoms with Gasteiger partial charge in [-0.2, -0.15) is 0 Å². The van der Waals surface area contributed by atoms with Gasteiger partial charge in [-0.3, -0.25) is 14.4 Å². The SMILES string of the molecule is C[C@H](OC(=O)[C@@H]1CC(=O)N([C@@H](C)c2ccccc2)C1)C(=O)c1c[nH]c2ccccc12. The highest BCUT2D eigenvalue weighted by Crippen LogP contribution is 2.29. The molecule has 0 spiro atoms. The molecule has 0 bridgehead atoms. The van der Waals surface area contributed by atoms with Crippen LogP contribution in [-0.2, 0) is 14.3 Å². The Morgan fingerprint density at radius 1 is 1.07 bits per heavy atom. The number of esters is 1. The molecular formula is C24H24N2O4. The van der Waals surface area contributed by atoms with E-state index in [0.29, 0.717) is 12.1 Å². The summed E-state index contributed by atoms with van der Waals surface area (Å²) >= 11 is 0. The van der Waals surface area contributed by atoms with Crippen molar-refractivity contribution in [2.24, 2.45) is 5.92 Å². The molecule has 154 valence electrons. The number of nitrogens with one attached hydrogen (secondary N) is 1. The molecule has 3 atom stereocenters. The molecule has 0 radical (unpaired) electrons. The third kappa shape index (κ3) is 3.73. The number of aromatic amines is 1. The summed E-state index contributed by atoms with van der Waals surface area (Å²) < 4.78 is 5.47. The number of aromatic nitrogens is 1. The van der Waals surface area contributed by atoms with Gasteiger partial charge in [0, 0.05) is 35.6 Å². The van der Waals surface area contributed by atoms with Crippen LogP contribution in [0.4, 0.5) is 0 Å². The average molecular weight is 404 g/mol. The minimum atomic E-state index is -0.924. The fourth-order valence-electron chi connectivity index (χ4n) is 3.99. The molecule has 1 N–H and O–H groups in total. The molecule has 0 saturated carbocycles. The molecule has 1 fully saturated rings. The number of carbonyl (C=O) groups excluding carboxylic acids is 3. The van der Waals surface area contributed by atoms with Gasteiger partial charge in [0.1, 0.15) is 0 Å². The minimum absolute atomic E-state index is 0.0797. The number of benzene rings is 2. The Hall–Kier alpha value is -3.41. The summed E-state index contributed by atoms with van der Waals surface area (Å²) in [6.07, 6.45) is 0.816. The molecule has 6 heteroatoms. The molecule has 2 aromatic carbocycles. The Bertz CT molecular complexity index is 1090. The number of carbonyl (C=O) groups is 3. The van der Waals surface area contributed by atoms with Crippen molar-refractivity contribution in [2.45, 2.75) is 32.4 Å². The Balaban J connectivity index is 1.41. The van der Waals surface area contributed by atoms with Gasteiger partial charge < -0.3 is 14.6 Å². The van der Waals surface area contributed by atoms with Crippen LogP contribution in [0.5, 0.6) is 0 Å². The molecule has 2 heterocycles. The summed E-state index contributed by atoms with van der Waals surface area (Å²) in [5, 5.41) is 0.796. The number of hydrogen-bond acceptors (Lipinski definition) is 4. The topological polar surface area (TPSA) is 79.5 Å². The zero-order valence-electron chi connectivity index (χ0n) is 17.0. The van der Waals surface area contributed by atoms with Crippen molar-refractivity contribution in [3.05, 3.63) is 71.9 Å². The summed E-state index contributed by atoms with van der Waals surface area (Å²) in [6, 6.07) is 17.1. The predicted octanol–water partition coefficient (Wildman–Crippen LogP) is 3.89. The molecular weight excluding hydrogens is 380 g/mol. The summed E-state index contributed by atoms with van der Waals surface area (Å²) in [5.41, 5.74) is 2.36. The van der Waals surface area contributed by atoms with Crippen molar-refractivity contribution in [3.8, 4) is 0 Å². The van der Waals surface area contributed by atoms with Gasteiger partial charge in [0.2, 0.25) is 11.7 Å². The second kappa shape index (κ2) is 8.14. The molecule has 1 saturated heterocycles. The number of Topliss-reactive ketones (excluding diaryl/α,β-unsaturated/α-hetero) is 1. The molecule has 1 aliphatic rings. The van der Waals surface area contributed by atoms with E-state index < -0.39 is 18.0 Å². The van der Waals surface area contributed by atoms with Crippen molar-refractivity contribution in [2.75, 3.05) is 6.54 Å². The van der Waals surface area contributed by atoms with Crippen LogP contribution in [0.1, 0.15) is 42.2 Å². The summed E-state index contributed by atoms with van der Waals surface area (Å²) in [5.74, 6) is -1.42. The second-order valence-electron chi connectivity index (χ2n) is 7.73. The van der Waals surface area contributed by atoms with Gasteiger partial charge in [-0.15, -0.1) is 0 Å². The number of fused-ring (bicyclic) bond motifs is 1. The van der Waals surface area contributed by atoms with Gasteiger partial charge in [0.05, 0.1) is 12.0 Å². The van der Waals surface area contributed by atoms with Crippen LogP contribution >= 0.6 is 0 Å². The first-order valence-electron chi connectivity index (χ1n) is 10.1. The monoisotopic (exact) mass is 404 g/mol. The normalized spacial score (nSPS) is 18.4. The number of likely N-dealkylation sites (tertiary alicyclic amines) is 1. The maximum Gasteiger partial charge on any atom is 0.311 e. The van der Waals surface area contributed by atoms with Gasteiger partial charge in [-0.25, -0.2) is 0 Å². The Labute approximate surface area is 174 Å². The van der Waals surface area contributed by atoms with Gasteiger partial charge in [-0.05, 0) is 25.5 Å². The molecule has 3 aromatic rings. The maximum absolute atomic E-state index is 12.8. The number of amides is 1. The van der Waals surface area contributed by atoms with E-state index in [4.69, 9.17) is 4.74 Å². The van der Waals surface area contributed by atoms with Gasteiger partial charge in [-0.1, -0.05) is 48.5 Å². The lowest BCUT2D eigenvalue weighted by Crippen LogP contribution is -2.31. The lowest BCUT2D eigenvalue weighted by molar-refractivity contribution is -0.151. The number of nitrogens with zero attached hydrogens (tertiary/aromatic N) is 1. The van der Waals surface area contributed by atoms with E-state index >= 15 is 0 Å². The van der Waals surface area contributed by atoms with E-state index in [9.17, 15) is 14.4 Å². The Kier molecular flexibility index (Phi) is 5.40. The third-order valence-corrected chi connectivity index (χ3v) is 5.76. The van der Waals surface area contributed by atoms with Gasteiger partial charge >= 0.3 is 5.97 Å². The zero-order valence-corrected chi connectivity index (χ0v) is 17.0. The minimum Gasteiger partial charge on any atom is -0.454 e. The molecule has 1 aliphatic heterocycles.